The van der Waals surface area contributed by atoms with Gasteiger partial charge in [-0.2, -0.15) is 28.0 Å². The van der Waals surface area contributed by atoms with Crippen LogP contribution in [0.5, 0.6) is 0 Å². The number of carboxylic acids is 1. The number of nitrogens with one attached hydrogen (secondary N) is 3. The fourth-order valence-corrected chi connectivity index (χ4v) is 3.34. The number of anilines is 5. The summed E-state index contributed by atoms with van der Waals surface area (Å²) in [4.78, 5) is 27.2. The Morgan fingerprint density at radius 1 is 1.32 bits per heavy atom. The van der Waals surface area contributed by atoms with Crippen LogP contribution in [0.2, 0.25) is 0 Å². The van der Waals surface area contributed by atoms with E-state index in [-0.39, 0.29) is 5.91 Å². The second-order valence-corrected chi connectivity index (χ2v) is 8.40. The lowest BCUT2D eigenvalue weighted by molar-refractivity contribution is -0.192. The highest BCUT2D eigenvalue weighted by atomic mass is 19.4. The van der Waals surface area contributed by atoms with Crippen LogP contribution in [0.3, 0.4) is 0 Å². The number of rotatable bonds is 8. The number of carboxylic acid groups (broad SMARTS) is 1. The van der Waals surface area contributed by atoms with Gasteiger partial charge in [-0.3, -0.25) is 4.79 Å². The Kier molecular flexibility index (Phi) is 8.58. The maximum absolute atomic E-state index is 11.7. The Labute approximate surface area is 215 Å². The van der Waals surface area contributed by atoms with Crippen molar-refractivity contribution < 1.29 is 27.9 Å². The molecule has 15 heteroatoms. The van der Waals surface area contributed by atoms with E-state index in [1.54, 1.807) is 4.52 Å². The molecule has 1 amide bonds. The number of alkyl halides is 3. The maximum Gasteiger partial charge on any atom is 0.490 e. The van der Waals surface area contributed by atoms with Crippen LogP contribution in [0.1, 0.15) is 25.3 Å². The summed E-state index contributed by atoms with van der Waals surface area (Å²) in [5, 5.41) is 30.4. The highest BCUT2D eigenvalue weighted by molar-refractivity contribution is 5.94. The van der Waals surface area contributed by atoms with Crippen LogP contribution < -0.4 is 26.6 Å². The molecule has 0 bridgehead atoms. The Bertz CT molecular complexity index is 1360. The van der Waals surface area contributed by atoms with Gasteiger partial charge < -0.3 is 31.7 Å². The van der Waals surface area contributed by atoms with Crippen LogP contribution in [0.15, 0.2) is 30.5 Å². The third-order valence-corrected chi connectivity index (χ3v) is 5.22. The molecule has 1 aromatic carbocycles. The standard InChI is InChI=1S/C21H25N9O.C2HF3O2/c1-13(31)25-17-9-16(5-6-18(17)29(2)8-7-22)26-19-10-20(27-15-3-4-15)30-21(28-19)14(11-23)12-24-30;3-2(4,5)1(6)7/h5-6,9-10,12,15,27H,3-4,7-8,22H2,1-2H3,(H,25,31)(H,26,28);(H,6,7). The SMILES string of the molecule is CC(=O)Nc1cc(Nc2cc(NC3CC3)n3ncc(C#N)c3n2)ccc1N(C)CCN.O=C(O)C(F)(F)F. The molecule has 2 heterocycles. The van der Waals surface area contributed by atoms with Crippen molar-refractivity contribution in [3.8, 4) is 6.07 Å². The van der Waals surface area contributed by atoms with Gasteiger partial charge >= 0.3 is 12.1 Å². The number of carbonyl (C=O) groups excluding carboxylic acids is 1. The minimum Gasteiger partial charge on any atom is -0.475 e. The number of amides is 1. The van der Waals surface area contributed by atoms with Gasteiger partial charge in [0.25, 0.3) is 0 Å². The summed E-state index contributed by atoms with van der Waals surface area (Å²) in [7, 11) is 1.93. The normalized spacial score (nSPS) is 12.7. The molecule has 202 valence electrons. The van der Waals surface area contributed by atoms with Gasteiger partial charge in [-0.15, -0.1) is 0 Å². The van der Waals surface area contributed by atoms with Crippen molar-refractivity contribution in [2.75, 3.05) is 41.0 Å². The summed E-state index contributed by atoms with van der Waals surface area (Å²) in [6, 6.07) is 10.1. The number of fused-ring (bicyclic) bond motifs is 1. The van der Waals surface area contributed by atoms with E-state index >= 15 is 0 Å². The molecule has 38 heavy (non-hydrogen) atoms. The van der Waals surface area contributed by atoms with Crippen molar-refractivity contribution >= 4 is 46.2 Å². The zero-order valence-corrected chi connectivity index (χ0v) is 20.5. The van der Waals surface area contributed by atoms with E-state index in [1.807, 2.05) is 36.2 Å². The summed E-state index contributed by atoms with van der Waals surface area (Å²) in [6.07, 6.45) is -1.35. The van der Waals surface area contributed by atoms with Crippen LogP contribution >= 0.6 is 0 Å². The summed E-state index contributed by atoms with van der Waals surface area (Å²) in [5.41, 5.74) is 8.86. The number of hydrogen-bond donors (Lipinski definition) is 5. The molecule has 2 aromatic heterocycles. The molecule has 1 saturated carbocycles. The molecule has 0 unspecified atom stereocenters. The third kappa shape index (κ3) is 7.23. The number of likely N-dealkylation sites (N-methyl/N-ethyl adjacent to an activating group) is 1. The first-order chi connectivity index (χ1) is 17.9. The number of nitrogens with zero attached hydrogens (tertiary/aromatic N) is 5. The van der Waals surface area contributed by atoms with Gasteiger partial charge in [0.05, 0.1) is 17.6 Å². The summed E-state index contributed by atoms with van der Waals surface area (Å²) in [5.74, 6) is -1.57. The average molecular weight is 534 g/mol. The van der Waals surface area contributed by atoms with Crippen molar-refractivity contribution in [1.29, 1.82) is 5.26 Å². The van der Waals surface area contributed by atoms with Crippen LogP contribution in [0.4, 0.5) is 41.9 Å². The molecular weight excluding hydrogens is 507 g/mol. The predicted octanol–water partition coefficient (Wildman–Crippen LogP) is 2.91. The maximum atomic E-state index is 11.7. The summed E-state index contributed by atoms with van der Waals surface area (Å²) in [6.45, 7) is 2.64. The second kappa shape index (κ2) is 11.6. The van der Waals surface area contributed by atoms with Crippen LogP contribution in [0.25, 0.3) is 5.65 Å². The molecule has 0 saturated heterocycles. The molecule has 6 N–H and O–H groups in total. The topological polar surface area (TPSA) is 174 Å². The van der Waals surface area contributed by atoms with Crippen LogP contribution in [-0.2, 0) is 9.59 Å². The third-order valence-electron chi connectivity index (χ3n) is 5.22. The number of aromatic nitrogens is 3. The van der Waals surface area contributed by atoms with E-state index in [0.717, 1.165) is 30.0 Å². The van der Waals surface area contributed by atoms with Crippen LogP contribution in [0, 0.1) is 11.3 Å². The minimum absolute atomic E-state index is 0.159. The fourth-order valence-electron chi connectivity index (χ4n) is 3.34. The number of hydrogen-bond acceptors (Lipinski definition) is 9. The number of halogens is 3. The largest absolute Gasteiger partial charge is 0.490 e. The highest BCUT2D eigenvalue weighted by Crippen LogP contribution is 2.31. The first-order valence-corrected chi connectivity index (χ1v) is 11.4. The smallest absolute Gasteiger partial charge is 0.475 e. The average Bonchev–Trinajstić information content (AvgIpc) is 3.54. The molecule has 1 fully saturated rings. The van der Waals surface area contributed by atoms with E-state index in [1.165, 1.54) is 13.1 Å². The number of benzene rings is 1. The zero-order valence-electron chi connectivity index (χ0n) is 20.5. The lowest BCUT2D eigenvalue weighted by atomic mass is 10.2. The number of carbonyl (C=O) groups is 2. The zero-order chi connectivity index (χ0) is 28.0. The Hall–Kier alpha value is -4.58. The number of nitriles is 1. The van der Waals surface area contributed by atoms with Gasteiger partial charge in [-0.05, 0) is 31.0 Å². The van der Waals surface area contributed by atoms with E-state index < -0.39 is 12.1 Å². The molecule has 0 spiro atoms. The second-order valence-electron chi connectivity index (χ2n) is 8.40. The van der Waals surface area contributed by atoms with E-state index in [4.69, 9.17) is 15.6 Å². The lowest BCUT2D eigenvalue weighted by Crippen LogP contribution is -2.26. The predicted molar refractivity (Wildman–Crippen MR) is 134 cm³/mol. The molecule has 1 aliphatic carbocycles. The molecule has 0 radical (unpaired) electrons. The van der Waals surface area contributed by atoms with Crippen LogP contribution in [-0.4, -0.2) is 63.9 Å². The van der Waals surface area contributed by atoms with Crippen molar-refractivity contribution in [3.05, 3.63) is 36.0 Å². The Balaban J connectivity index is 0.000000505. The van der Waals surface area contributed by atoms with Gasteiger partial charge in [0, 0.05) is 44.9 Å². The van der Waals surface area contributed by atoms with Gasteiger partial charge in [0.1, 0.15) is 23.3 Å². The number of aliphatic carboxylic acids is 1. The van der Waals surface area contributed by atoms with Crippen molar-refractivity contribution in [3.63, 3.8) is 0 Å². The van der Waals surface area contributed by atoms with Gasteiger partial charge in [0.15, 0.2) is 5.65 Å². The Morgan fingerprint density at radius 3 is 2.55 bits per heavy atom. The monoisotopic (exact) mass is 533 g/mol. The first kappa shape index (κ1) is 28.0. The molecule has 1 aliphatic rings. The van der Waals surface area contributed by atoms with E-state index in [9.17, 15) is 23.2 Å². The molecular formula is C23H26F3N9O3. The summed E-state index contributed by atoms with van der Waals surface area (Å²) >= 11 is 0. The molecule has 0 aliphatic heterocycles. The highest BCUT2D eigenvalue weighted by Gasteiger charge is 2.38. The van der Waals surface area contributed by atoms with Gasteiger partial charge in [-0.25, -0.2) is 9.78 Å². The van der Waals surface area contributed by atoms with Crippen molar-refractivity contribution in [2.45, 2.75) is 32.0 Å². The van der Waals surface area contributed by atoms with Crippen molar-refractivity contribution in [2.24, 2.45) is 5.73 Å². The van der Waals surface area contributed by atoms with E-state index in [2.05, 4.69) is 32.1 Å². The Morgan fingerprint density at radius 2 is 2.00 bits per heavy atom. The first-order valence-electron chi connectivity index (χ1n) is 11.4. The molecule has 0 atom stereocenters. The molecule has 3 aromatic rings. The quantitative estimate of drug-likeness (QED) is 0.290. The van der Waals surface area contributed by atoms with E-state index in [0.29, 0.717) is 41.8 Å². The fraction of sp³-hybridized carbons (Fsp3) is 0.348. The molecule has 4 rings (SSSR count). The van der Waals surface area contributed by atoms with Crippen molar-refractivity contribution in [1.82, 2.24) is 14.6 Å². The lowest BCUT2D eigenvalue weighted by Gasteiger charge is -2.22. The minimum atomic E-state index is -5.08. The van der Waals surface area contributed by atoms with Gasteiger partial charge in [0.2, 0.25) is 5.91 Å². The van der Waals surface area contributed by atoms with Gasteiger partial charge in [-0.1, -0.05) is 0 Å². The summed E-state index contributed by atoms with van der Waals surface area (Å²) < 4.78 is 33.4. The number of nitrogens with two attached hydrogens (primary N) is 1. The molecule has 12 nitrogen and oxygen atoms in total.